The number of piperidine rings is 1. The zero-order valence-corrected chi connectivity index (χ0v) is 15.2. The molecule has 0 aromatic heterocycles. The highest BCUT2D eigenvalue weighted by molar-refractivity contribution is 7.99. The maximum atomic E-state index is 12.3. The summed E-state index contributed by atoms with van der Waals surface area (Å²) in [5, 5.41) is 3.08. The van der Waals surface area contributed by atoms with Gasteiger partial charge in [0.1, 0.15) is 0 Å². The average molecular weight is 346 g/mol. The molecule has 0 radical (unpaired) electrons. The van der Waals surface area contributed by atoms with E-state index in [0.29, 0.717) is 19.6 Å². The van der Waals surface area contributed by atoms with Crippen LogP contribution in [0.2, 0.25) is 0 Å². The molecule has 2 aliphatic heterocycles. The molecule has 2 aliphatic rings. The van der Waals surface area contributed by atoms with Gasteiger partial charge in [0.2, 0.25) is 11.8 Å². The van der Waals surface area contributed by atoms with E-state index in [-0.39, 0.29) is 17.7 Å². The summed E-state index contributed by atoms with van der Waals surface area (Å²) in [6.45, 7) is 3.70. The number of nitrogens with zero attached hydrogens (tertiary/aromatic N) is 1. The monoisotopic (exact) mass is 346 g/mol. The molecule has 3 rings (SSSR count). The molecule has 0 saturated carbocycles. The first kappa shape index (κ1) is 17.3. The summed E-state index contributed by atoms with van der Waals surface area (Å²) < 4.78 is 0. The maximum Gasteiger partial charge on any atom is 0.223 e. The van der Waals surface area contributed by atoms with Gasteiger partial charge in [-0.2, -0.15) is 0 Å². The van der Waals surface area contributed by atoms with Gasteiger partial charge in [-0.1, -0.05) is 12.1 Å². The van der Waals surface area contributed by atoms with Crippen molar-refractivity contribution in [2.45, 2.75) is 43.9 Å². The van der Waals surface area contributed by atoms with Crippen molar-refractivity contribution in [3.05, 3.63) is 29.3 Å². The smallest absolute Gasteiger partial charge is 0.223 e. The number of benzene rings is 1. The van der Waals surface area contributed by atoms with Crippen LogP contribution in [0.5, 0.6) is 0 Å². The van der Waals surface area contributed by atoms with Gasteiger partial charge in [-0.15, -0.1) is 11.8 Å². The van der Waals surface area contributed by atoms with Gasteiger partial charge in [-0.3, -0.25) is 9.59 Å². The second-order valence-electron chi connectivity index (χ2n) is 6.72. The largest absolute Gasteiger partial charge is 0.356 e. The SMILES string of the molecule is CC(=O)N1CCC(C(=O)NCCc2ccc3c(c2)CCCS3)CC1. The Balaban J connectivity index is 1.43. The van der Waals surface area contributed by atoms with E-state index >= 15 is 0 Å². The van der Waals surface area contributed by atoms with E-state index in [1.165, 1.54) is 34.6 Å². The molecule has 1 N–H and O–H groups in total. The minimum atomic E-state index is 0.0560. The van der Waals surface area contributed by atoms with E-state index < -0.39 is 0 Å². The van der Waals surface area contributed by atoms with E-state index in [2.05, 4.69) is 23.5 Å². The van der Waals surface area contributed by atoms with Gasteiger partial charge in [0.05, 0.1) is 0 Å². The van der Waals surface area contributed by atoms with Crippen molar-refractivity contribution in [1.82, 2.24) is 10.2 Å². The fourth-order valence-electron chi connectivity index (χ4n) is 3.50. The number of amides is 2. The van der Waals surface area contributed by atoms with Gasteiger partial charge in [0.25, 0.3) is 0 Å². The molecule has 5 heteroatoms. The molecule has 1 fully saturated rings. The van der Waals surface area contributed by atoms with Crippen molar-refractivity contribution in [3.8, 4) is 0 Å². The number of likely N-dealkylation sites (tertiary alicyclic amines) is 1. The predicted molar refractivity (Wildman–Crippen MR) is 97.2 cm³/mol. The lowest BCUT2D eigenvalue weighted by Crippen LogP contribution is -2.42. The molecule has 4 nitrogen and oxygen atoms in total. The molecule has 2 amide bonds. The lowest BCUT2D eigenvalue weighted by molar-refractivity contribution is -0.133. The molecule has 1 aromatic rings. The van der Waals surface area contributed by atoms with Crippen LogP contribution in [-0.4, -0.2) is 42.1 Å². The summed E-state index contributed by atoms with van der Waals surface area (Å²) in [4.78, 5) is 26.9. The number of carbonyl (C=O) groups is 2. The summed E-state index contributed by atoms with van der Waals surface area (Å²) in [5.74, 6) is 1.54. The Hall–Kier alpha value is -1.49. The molecule has 0 atom stereocenters. The van der Waals surface area contributed by atoms with Gasteiger partial charge in [0, 0.05) is 37.4 Å². The van der Waals surface area contributed by atoms with Crippen molar-refractivity contribution in [2.75, 3.05) is 25.4 Å². The Kier molecular flexibility index (Phi) is 5.82. The van der Waals surface area contributed by atoms with Gasteiger partial charge in [-0.25, -0.2) is 0 Å². The number of fused-ring (bicyclic) bond motifs is 1. The molecule has 2 heterocycles. The lowest BCUT2D eigenvalue weighted by Gasteiger charge is -2.30. The van der Waals surface area contributed by atoms with E-state index in [1.807, 2.05) is 16.7 Å². The third kappa shape index (κ3) is 4.32. The maximum absolute atomic E-state index is 12.3. The Labute approximate surface area is 148 Å². The van der Waals surface area contributed by atoms with Gasteiger partial charge < -0.3 is 10.2 Å². The van der Waals surface area contributed by atoms with Gasteiger partial charge in [0.15, 0.2) is 0 Å². The highest BCUT2D eigenvalue weighted by atomic mass is 32.2. The lowest BCUT2D eigenvalue weighted by atomic mass is 9.96. The van der Waals surface area contributed by atoms with Crippen molar-refractivity contribution < 1.29 is 9.59 Å². The fraction of sp³-hybridized carbons (Fsp3) is 0.579. The van der Waals surface area contributed by atoms with Crippen LogP contribution in [0.25, 0.3) is 0 Å². The number of rotatable bonds is 4. The molecule has 130 valence electrons. The normalized spacial score (nSPS) is 18.1. The molecule has 0 unspecified atom stereocenters. The molecular weight excluding hydrogens is 320 g/mol. The second kappa shape index (κ2) is 8.06. The van der Waals surface area contributed by atoms with Crippen LogP contribution in [0.15, 0.2) is 23.1 Å². The first-order valence-corrected chi connectivity index (χ1v) is 9.90. The number of nitrogens with one attached hydrogen (secondary N) is 1. The molecule has 24 heavy (non-hydrogen) atoms. The number of thioether (sulfide) groups is 1. The average Bonchev–Trinajstić information content (AvgIpc) is 2.61. The minimum absolute atomic E-state index is 0.0560. The van der Waals surface area contributed by atoms with Crippen molar-refractivity contribution in [3.63, 3.8) is 0 Å². The first-order chi connectivity index (χ1) is 11.6. The molecular formula is C19H26N2O2S. The topological polar surface area (TPSA) is 49.4 Å². The number of aryl methyl sites for hydroxylation is 1. The highest BCUT2D eigenvalue weighted by Crippen LogP contribution is 2.30. The Morgan fingerprint density at radius 2 is 2.08 bits per heavy atom. The van der Waals surface area contributed by atoms with Gasteiger partial charge in [-0.05, 0) is 55.1 Å². The Bertz CT molecular complexity index is 609. The number of hydrogen-bond acceptors (Lipinski definition) is 3. The second-order valence-corrected chi connectivity index (χ2v) is 7.85. The summed E-state index contributed by atoms with van der Waals surface area (Å²) >= 11 is 1.95. The number of carbonyl (C=O) groups excluding carboxylic acids is 2. The summed E-state index contributed by atoms with van der Waals surface area (Å²) in [6.07, 6.45) is 4.88. The number of hydrogen-bond donors (Lipinski definition) is 1. The van der Waals surface area contributed by atoms with Crippen LogP contribution in [0.1, 0.15) is 37.3 Å². The molecule has 1 saturated heterocycles. The summed E-state index contributed by atoms with van der Waals surface area (Å²) in [6, 6.07) is 6.72. The Morgan fingerprint density at radius 3 is 2.83 bits per heavy atom. The first-order valence-electron chi connectivity index (χ1n) is 8.91. The quantitative estimate of drug-likeness (QED) is 0.912. The van der Waals surface area contributed by atoms with Crippen LogP contribution in [0, 0.1) is 5.92 Å². The predicted octanol–water partition coefficient (Wildman–Crippen LogP) is 2.64. The van der Waals surface area contributed by atoms with E-state index in [4.69, 9.17) is 0 Å². The minimum Gasteiger partial charge on any atom is -0.356 e. The van der Waals surface area contributed by atoms with E-state index in [0.717, 1.165) is 19.3 Å². The van der Waals surface area contributed by atoms with Crippen LogP contribution >= 0.6 is 11.8 Å². The molecule has 0 spiro atoms. The van der Waals surface area contributed by atoms with Crippen LogP contribution in [-0.2, 0) is 22.4 Å². The molecule has 0 aliphatic carbocycles. The highest BCUT2D eigenvalue weighted by Gasteiger charge is 2.25. The van der Waals surface area contributed by atoms with Crippen LogP contribution in [0.3, 0.4) is 0 Å². The third-order valence-electron chi connectivity index (χ3n) is 5.00. The third-order valence-corrected chi connectivity index (χ3v) is 6.20. The van der Waals surface area contributed by atoms with Crippen LogP contribution in [0.4, 0.5) is 0 Å². The molecule has 1 aromatic carbocycles. The van der Waals surface area contributed by atoms with Gasteiger partial charge >= 0.3 is 0 Å². The summed E-state index contributed by atoms with van der Waals surface area (Å²) in [5.41, 5.74) is 2.77. The van der Waals surface area contributed by atoms with E-state index in [9.17, 15) is 9.59 Å². The van der Waals surface area contributed by atoms with Crippen molar-refractivity contribution in [2.24, 2.45) is 5.92 Å². The zero-order valence-electron chi connectivity index (χ0n) is 14.3. The van der Waals surface area contributed by atoms with Crippen molar-refractivity contribution in [1.29, 1.82) is 0 Å². The van der Waals surface area contributed by atoms with Crippen molar-refractivity contribution >= 4 is 23.6 Å². The fourth-order valence-corrected chi connectivity index (χ4v) is 4.52. The van der Waals surface area contributed by atoms with Crippen LogP contribution < -0.4 is 5.32 Å². The van der Waals surface area contributed by atoms with E-state index in [1.54, 1.807) is 6.92 Å². The molecule has 0 bridgehead atoms. The standard InChI is InChI=1S/C19H26N2O2S/c1-14(22)21-10-7-16(8-11-21)19(23)20-9-6-15-4-5-18-17(13-15)3-2-12-24-18/h4-5,13,16H,2-3,6-12H2,1H3,(H,20,23). The zero-order chi connectivity index (χ0) is 16.9. The Morgan fingerprint density at radius 1 is 1.29 bits per heavy atom. The summed E-state index contributed by atoms with van der Waals surface area (Å²) in [7, 11) is 0.